The molecule has 0 radical (unpaired) electrons. The lowest BCUT2D eigenvalue weighted by molar-refractivity contribution is 0.300. The second-order valence-corrected chi connectivity index (χ2v) is 7.42. The number of hydrogen-bond acceptors (Lipinski definition) is 2. The molecule has 2 atom stereocenters. The lowest BCUT2D eigenvalue weighted by Crippen LogP contribution is -2.25. The summed E-state index contributed by atoms with van der Waals surface area (Å²) < 4.78 is 0. The minimum Gasteiger partial charge on any atom is -0.302 e. The average Bonchev–Trinajstić information content (AvgIpc) is 3.13. The second-order valence-electron chi connectivity index (χ2n) is 7.42. The average molecular weight is 306 g/mol. The summed E-state index contributed by atoms with van der Waals surface area (Å²) in [4.78, 5) is 6.95. The molecule has 2 aliphatic rings. The standard InChI is InChI=1S/C21H26N2/c1-2-5-17(6-3-1)8-10-23-15-20-12-19(13-21(20)16-23)11-18-7-4-9-22-14-18/h1-7,9,14,19-21H,8,10-13,15-16H2. The van der Waals surface area contributed by atoms with Crippen molar-refractivity contribution in [3.63, 3.8) is 0 Å². The van der Waals surface area contributed by atoms with Gasteiger partial charge in [0.1, 0.15) is 0 Å². The maximum Gasteiger partial charge on any atom is 0.0299 e. The van der Waals surface area contributed by atoms with Crippen LogP contribution in [-0.2, 0) is 12.8 Å². The van der Waals surface area contributed by atoms with Crippen molar-refractivity contribution in [1.29, 1.82) is 0 Å². The Kier molecular flexibility index (Phi) is 4.43. The molecule has 0 bridgehead atoms. The molecule has 1 saturated heterocycles. The summed E-state index contributed by atoms with van der Waals surface area (Å²) in [6.45, 7) is 3.87. The Morgan fingerprint density at radius 2 is 1.65 bits per heavy atom. The summed E-state index contributed by atoms with van der Waals surface area (Å²) in [5.74, 6) is 2.75. The van der Waals surface area contributed by atoms with Crippen LogP contribution in [-0.4, -0.2) is 29.5 Å². The van der Waals surface area contributed by atoms with Crippen LogP contribution in [0.15, 0.2) is 54.9 Å². The zero-order chi connectivity index (χ0) is 15.5. The molecule has 0 amide bonds. The summed E-state index contributed by atoms with van der Waals surface area (Å²) in [5, 5.41) is 0. The van der Waals surface area contributed by atoms with Crippen LogP contribution in [0.1, 0.15) is 24.0 Å². The van der Waals surface area contributed by atoms with Gasteiger partial charge < -0.3 is 4.90 Å². The lowest BCUT2D eigenvalue weighted by Gasteiger charge is -2.19. The first-order valence-corrected chi connectivity index (χ1v) is 9.02. The molecule has 120 valence electrons. The predicted molar refractivity (Wildman–Crippen MR) is 94.2 cm³/mol. The van der Waals surface area contributed by atoms with Crippen LogP contribution in [0.4, 0.5) is 0 Å². The van der Waals surface area contributed by atoms with E-state index in [0.29, 0.717) is 0 Å². The topological polar surface area (TPSA) is 16.1 Å². The predicted octanol–water partition coefficient (Wildman–Crippen LogP) is 3.82. The van der Waals surface area contributed by atoms with Crippen molar-refractivity contribution in [2.75, 3.05) is 19.6 Å². The van der Waals surface area contributed by atoms with Gasteiger partial charge in [-0.15, -0.1) is 0 Å². The summed E-state index contributed by atoms with van der Waals surface area (Å²) in [5.41, 5.74) is 2.89. The zero-order valence-corrected chi connectivity index (χ0v) is 13.8. The van der Waals surface area contributed by atoms with Gasteiger partial charge in [0.15, 0.2) is 0 Å². The van der Waals surface area contributed by atoms with E-state index in [0.717, 1.165) is 17.8 Å². The van der Waals surface area contributed by atoms with Crippen LogP contribution in [0.5, 0.6) is 0 Å². The quantitative estimate of drug-likeness (QED) is 0.835. The minimum absolute atomic E-state index is 0.880. The van der Waals surface area contributed by atoms with Gasteiger partial charge >= 0.3 is 0 Å². The minimum atomic E-state index is 0.880. The fourth-order valence-electron chi connectivity index (χ4n) is 4.66. The Morgan fingerprint density at radius 3 is 2.35 bits per heavy atom. The molecule has 1 saturated carbocycles. The molecule has 2 heterocycles. The van der Waals surface area contributed by atoms with Gasteiger partial charge in [0, 0.05) is 32.0 Å². The van der Waals surface area contributed by atoms with Gasteiger partial charge in [-0.3, -0.25) is 4.98 Å². The van der Waals surface area contributed by atoms with E-state index in [2.05, 4.69) is 52.3 Å². The normalized spacial score (nSPS) is 27.2. The van der Waals surface area contributed by atoms with E-state index in [-0.39, 0.29) is 0 Å². The number of nitrogens with zero attached hydrogens (tertiary/aromatic N) is 2. The molecule has 23 heavy (non-hydrogen) atoms. The van der Waals surface area contributed by atoms with Crippen molar-refractivity contribution in [3.8, 4) is 0 Å². The van der Waals surface area contributed by atoms with E-state index in [1.807, 2.05) is 12.4 Å². The molecular formula is C21H26N2. The maximum atomic E-state index is 4.26. The maximum absolute atomic E-state index is 4.26. The lowest BCUT2D eigenvalue weighted by atomic mass is 9.97. The van der Waals surface area contributed by atoms with E-state index in [1.165, 1.54) is 56.4 Å². The molecule has 1 aromatic heterocycles. The molecular weight excluding hydrogens is 280 g/mol. The van der Waals surface area contributed by atoms with Crippen LogP contribution < -0.4 is 0 Å². The van der Waals surface area contributed by atoms with E-state index in [9.17, 15) is 0 Å². The van der Waals surface area contributed by atoms with E-state index < -0.39 is 0 Å². The largest absolute Gasteiger partial charge is 0.302 e. The number of likely N-dealkylation sites (tertiary alicyclic amines) is 1. The SMILES string of the molecule is c1ccc(CCN2CC3CC(Cc4cccnc4)CC3C2)cc1. The third-order valence-electron chi connectivity index (χ3n) is 5.73. The van der Waals surface area contributed by atoms with Crippen molar-refractivity contribution in [3.05, 3.63) is 66.0 Å². The number of pyridine rings is 1. The van der Waals surface area contributed by atoms with E-state index in [4.69, 9.17) is 0 Å². The van der Waals surface area contributed by atoms with Crippen LogP contribution in [0.2, 0.25) is 0 Å². The number of fused-ring (bicyclic) bond motifs is 1. The highest BCUT2D eigenvalue weighted by Crippen LogP contribution is 2.42. The highest BCUT2D eigenvalue weighted by atomic mass is 15.2. The summed E-state index contributed by atoms with van der Waals surface area (Å²) >= 11 is 0. The molecule has 1 aliphatic heterocycles. The highest BCUT2D eigenvalue weighted by molar-refractivity contribution is 5.15. The van der Waals surface area contributed by atoms with Crippen LogP contribution >= 0.6 is 0 Å². The van der Waals surface area contributed by atoms with Crippen molar-refractivity contribution in [1.82, 2.24) is 9.88 Å². The van der Waals surface area contributed by atoms with Gasteiger partial charge in [-0.25, -0.2) is 0 Å². The van der Waals surface area contributed by atoms with E-state index in [1.54, 1.807) is 0 Å². The monoisotopic (exact) mass is 306 g/mol. The van der Waals surface area contributed by atoms with Gasteiger partial charge in [-0.2, -0.15) is 0 Å². The smallest absolute Gasteiger partial charge is 0.0299 e. The molecule has 2 fully saturated rings. The van der Waals surface area contributed by atoms with Crippen molar-refractivity contribution in [2.24, 2.45) is 17.8 Å². The highest BCUT2D eigenvalue weighted by Gasteiger charge is 2.40. The molecule has 2 nitrogen and oxygen atoms in total. The Morgan fingerprint density at radius 1 is 0.913 bits per heavy atom. The van der Waals surface area contributed by atoms with Gasteiger partial charge in [0.25, 0.3) is 0 Å². The van der Waals surface area contributed by atoms with Gasteiger partial charge in [-0.05, 0) is 60.6 Å². The van der Waals surface area contributed by atoms with Crippen LogP contribution in [0, 0.1) is 17.8 Å². The third-order valence-corrected chi connectivity index (χ3v) is 5.73. The number of aromatic nitrogens is 1. The van der Waals surface area contributed by atoms with E-state index >= 15 is 0 Å². The third kappa shape index (κ3) is 3.64. The molecule has 0 spiro atoms. The molecule has 4 rings (SSSR count). The first kappa shape index (κ1) is 14.9. The zero-order valence-electron chi connectivity index (χ0n) is 13.8. The van der Waals surface area contributed by atoms with Crippen LogP contribution in [0.25, 0.3) is 0 Å². The fourth-order valence-corrected chi connectivity index (χ4v) is 4.66. The van der Waals surface area contributed by atoms with Crippen molar-refractivity contribution >= 4 is 0 Å². The molecule has 1 aromatic carbocycles. The Bertz CT molecular complexity index is 596. The number of benzene rings is 1. The second kappa shape index (κ2) is 6.84. The van der Waals surface area contributed by atoms with Gasteiger partial charge in [0.05, 0.1) is 0 Å². The molecule has 1 aliphatic carbocycles. The Labute approximate surface area is 139 Å². The number of hydrogen-bond donors (Lipinski definition) is 0. The van der Waals surface area contributed by atoms with Crippen molar-refractivity contribution in [2.45, 2.75) is 25.7 Å². The van der Waals surface area contributed by atoms with Gasteiger partial charge in [-0.1, -0.05) is 36.4 Å². The van der Waals surface area contributed by atoms with Gasteiger partial charge in [0.2, 0.25) is 0 Å². The Balaban J connectivity index is 1.25. The summed E-state index contributed by atoms with van der Waals surface area (Å²) in [6, 6.07) is 15.2. The molecule has 2 heteroatoms. The number of rotatable bonds is 5. The Hall–Kier alpha value is -1.67. The molecule has 2 unspecified atom stereocenters. The molecule has 2 aromatic rings. The fraction of sp³-hybridized carbons (Fsp3) is 0.476. The summed E-state index contributed by atoms with van der Waals surface area (Å²) in [7, 11) is 0. The first-order chi connectivity index (χ1) is 11.4. The van der Waals surface area contributed by atoms with Crippen molar-refractivity contribution < 1.29 is 0 Å². The summed E-state index contributed by atoms with van der Waals surface area (Å²) in [6.07, 6.45) is 9.17. The molecule has 0 N–H and O–H groups in total. The van der Waals surface area contributed by atoms with Crippen LogP contribution in [0.3, 0.4) is 0 Å². The first-order valence-electron chi connectivity index (χ1n) is 9.02.